The van der Waals surface area contributed by atoms with Gasteiger partial charge in [0.05, 0.1) is 19.3 Å². The van der Waals surface area contributed by atoms with Gasteiger partial charge in [-0.15, -0.1) is 0 Å². The van der Waals surface area contributed by atoms with Gasteiger partial charge in [0.1, 0.15) is 6.10 Å². The van der Waals surface area contributed by atoms with Crippen LogP contribution in [0.5, 0.6) is 0 Å². The summed E-state index contributed by atoms with van der Waals surface area (Å²) in [5.74, 6) is 1.54. The molecule has 0 amide bonds. The number of hydrogen-bond acceptors (Lipinski definition) is 3. The Morgan fingerprint density at radius 1 is 1.27 bits per heavy atom. The van der Waals surface area contributed by atoms with Crippen molar-refractivity contribution in [3.8, 4) is 0 Å². The van der Waals surface area contributed by atoms with Crippen LogP contribution in [-0.2, 0) is 9.47 Å². The van der Waals surface area contributed by atoms with Crippen molar-refractivity contribution in [3.05, 3.63) is 0 Å². The van der Waals surface area contributed by atoms with Crippen LogP contribution in [0, 0.1) is 11.8 Å². The molecule has 0 aromatic carbocycles. The zero-order valence-electron chi connectivity index (χ0n) is 9.82. The molecule has 1 aliphatic heterocycles. The second-order valence-electron chi connectivity index (χ2n) is 5.32. The minimum atomic E-state index is 0.237. The molecule has 88 valence electrons. The lowest BCUT2D eigenvalue weighted by Gasteiger charge is -2.39. The van der Waals surface area contributed by atoms with Crippen LogP contribution >= 0.6 is 0 Å². The maximum atomic E-state index is 6.10. The second kappa shape index (κ2) is 4.81. The van der Waals surface area contributed by atoms with Gasteiger partial charge in [0, 0.05) is 6.04 Å². The van der Waals surface area contributed by atoms with Crippen molar-refractivity contribution in [1.82, 2.24) is 0 Å². The Bertz CT molecular complexity index is 204. The molecular weight excluding hydrogens is 190 g/mol. The van der Waals surface area contributed by atoms with E-state index < -0.39 is 0 Å². The van der Waals surface area contributed by atoms with E-state index in [0.717, 1.165) is 37.9 Å². The van der Waals surface area contributed by atoms with Crippen LogP contribution in [-0.4, -0.2) is 31.5 Å². The summed E-state index contributed by atoms with van der Waals surface area (Å²) < 4.78 is 11.1. The summed E-state index contributed by atoms with van der Waals surface area (Å²) in [6, 6.07) is 0.237. The first-order valence-corrected chi connectivity index (χ1v) is 6.15. The van der Waals surface area contributed by atoms with E-state index >= 15 is 0 Å². The third-order valence-electron chi connectivity index (χ3n) is 3.80. The van der Waals surface area contributed by atoms with E-state index in [0.29, 0.717) is 6.10 Å². The monoisotopic (exact) mass is 213 g/mol. The SMILES string of the molecule is CC(C)C1CCC(N)C(OC2COC2)C1. The molecule has 1 heterocycles. The molecule has 2 N–H and O–H groups in total. The highest BCUT2D eigenvalue weighted by molar-refractivity contribution is 4.86. The van der Waals surface area contributed by atoms with E-state index in [1.165, 1.54) is 6.42 Å². The van der Waals surface area contributed by atoms with E-state index in [1.54, 1.807) is 0 Å². The van der Waals surface area contributed by atoms with Crippen molar-refractivity contribution in [1.29, 1.82) is 0 Å². The molecule has 3 atom stereocenters. The first kappa shape index (κ1) is 11.4. The van der Waals surface area contributed by atoms with Gasteiger partial charge in [0.15, 0.2) is 0 Å². The van der Waals surface area contributed by atoms with Crippen LogP contribution in [0.15, 0.2) is 0 Å². The zero-order valence-corrected chi connectivity index (χ0v) is 9.82. The Morgan fingerprint density at radius 2 is 2.00 bits per heavy atom. The standard InChI is InChI=1S/C12H23NO2/c1-8(2)9-3-4-11(13)12(5-9)15-10-6-14-7-10/h8-12H,3-7,13H2,1-2H3. The minimum Gasteiger partial charge on any atom is -0.376 e. The molecule has 15 heavy (non-hydrogen) atoms. The van der Waals surface area contributed by atoms with Crippen LogP contribution in [0.25, 0.3) is 0 Å². The smallest absolute Gasteiger partial charge is 0.105 e. The number of rotatable bonds is 3. The minimum absolute atomic E-state index is 0.237. The average molecular weight is 213 g/mol. The number of nitrogens with two attached hydrogens (primary N) is 1. The average Bonchev–Trinajstić information content (AvgIpc) is 2.13. The summed E-state index contributed by atoms with van der Waals surface area (Å²) in [5.41, 5.74) is 6.10. The van der Waals surface area contributed by atoms with Gasteiger partial charge >= 0.3 is 0 Å². The molecule has 0 aromatic heterocycles. The first-order chi connectivity index (χ1) is 7.16. The van der Waals surface area contributed by atoms with Crippen molar-refractivity contribution in [2.45, 2.75) is 51.4 Å². The Hall–Kier alpha value is -0.120. The van der Waals surface area contributed by atoms with Crippen molar-refractivity contribution < 1.29 is 9.47 Å². The number of hydrogen-bond donors (Lipinski definition) is 1. The van der Waals surface area contributed by atoms with Crippen LogP contribution in [0.4, 0.5) is 0 Å². The van der Waals surface area contributed by atoms with Crippen LogP contribution < -0.4 is 5.73 Å². The van der Waals surface area contributed by atoms with Gasteiger partial charge in [-0.3, -0.25) is 0 Å². The molecule has 2 aliphatic rings. The molecule has 3 heteroatoms. The summed E-state index contributed by atoms with van der Waals surface area (Å²) in [7, 11) is 0. The lowest BCUT2D eigenvalue weighted by Crippen LogP contribution is -2.48. The summed E-state index contributed by atoms with van der Waals surface area (Å²) in [6.45, 7) is 6.11. The van der Waals surface area contributed by atoms with E-state index in [9.17, 15) is 0 Å². The molecule has 0 aromatic rings. The highest BCUT2D eigenvalue weighted by Gasteiger charge is 2.33. The summed E-state index contributed by atoms with van der Waals surface area (Å²) in [4.78, 5) is 0. The maximum Gasteiger partial charge on any atom is 0.105 e. The van der Waals surface area contributed by atoms with E-state index in [2.05, 4.69) is 13.8 Å². The summed E-state index contributed by atoms with van der Waals surface area (Å²) in [5, 5.41) is 0. The fourth-order valence-electron chi connectivity index (χ4n) is 2.49. The topological polar surface area (TPSA) is 44.5 Å². The second-order valence-corrected chi connectivity index (χ2v) is 5.32. The maximum absolute atomic E-state index is 6.10. The van der Waals surface area contributed by atoms with Crippen LogP contribution in [0.3, 0.4) is 0 Å². The van der Waals surface area contributed by atoms with Gasteiger partial charge < -0.3 is 15.2 Å². The normalized spacial score (nSPS) is 38.0. The highest BCUT2D eigenvalue weighted by Crippen LogP contribution is 2.32. The lowest BCUT2D eigenvalue weighted by molar-refractivity contribution is -0.167. The highest BCUT2D eigenvalue weighted by atomic mass is 16.6. The van der Waals surface area contributed by atoms with E-state index in [-0.39, 0.29) is 12.1 Å². The predicted octanol–water partition coefficient (Wildman–Crippen LogP) is 1.55. The molecule has 0 bridgehead atoms. The quantitative estimate of drug-likeness (QED) is 0.773. The fourth-order valence-corrected chi connectivity index (χ4v) is 2.49. The van der Waals surface area contributed by atoms with Gasteiger partial charge in [-0.05, 0) is 31.1 Å². The number of ether oxygens (including phenoxy) is 2. The Labute approximate surface area is 92.3 Å². The molecule has 2 fully saturated rings. The van der Waals surface area contributed by atoms with Gasteiger partial charge in [-0.1, -0.05) is 13.8 Å². The molecule has 1 saturated carbocycles. The predicted molar refractivity (Wildman–Crippen MR) is 59.6 cm³/mol. The van der Waals surface area contributed by atoms with Crippen molar-refractivity contribution in [3.63, 3.8) is 0 Å². The molecular formula is C12H23NO2. The van der Waals surface area contributed by atoms with E-state index in [4.69, 9.17) is 15.2 Å². The van der Waals surface area contributed by atoms with Crippen molar-refractivity contribution in [2.75, 3.05) is 13.2 Å². The van der Waals surface area contributed by atoms with Crippen molar-refractivity contribution >= 4 is 0 Å². The first-order valence-electron chi connectivity index (χ1n) is 6.15. The van der Waals surface area contributed by atoms with Crippen molar-refractivity contribution in [2.24, 2.45) is 17.6 Å². The van der Waals surface area contributed by atoms with Gasteiger partial charge in [-0.25, -0.2) is 0 Å². The molecule has 3 unspecified atom stereocenters. The summed E-state index contributed by atoms with van der Waals surface area (Å²) in [6.07, 6.45) is 4.09. The van der Waals surface area contributed by atoms with Gasteiger partial charge in [0.25, 0.3) is 0 Å². The molecule has 0 radical (unpaired) electrons. The van der Waals surface area contributed by atoms with Crippen LogP contribution in [0.1, 0.15) is 33.1 Å². The van der Waals surface area contributed by atoms with Crippen LogP contribution in [0.2, 0.25) is 0 Å². The molecule has 1 aliphatic carbocycles. The Morgan fingerprint density at radius 3 is 2.53 bits per heavy atom. The Kier molecular flexibility index (Phi) is 3.65. The Balaban J connectivity index is 1.84. The third-order valence-corrected chi connectivity index (χ3v) is 3.80. The summed E-state index contributed by atoms with van der Waals surface area (Å²) >= 11 is 0. The van der Waals surface area contributed by atoms with Gasteiger partial charge in [-0.2, -0.15) is 0 Å². The largest absolute Gasteiger partial charge is 0.376 e. The lowest BCUT2D eigenvalue weighted by atomic mass is 9.78. The molecule has 2 rings (SSSR count). The third kappa shape index (κ3) is 2.71. The zero-order chi connectivity index (χ0) is 10.8. The molecule has 0 spiro atoms. The van der Waals surface area contributed by atoms with Gasteiger partial charge in [0.2, 0.25) is 0 Å². The molecule has 3 nitrogen and oxygen atoms in total. The fraction of sp³-hybridized carbons (Fsp3) is 1.00. The molecule has 1 saturated heterocycles. The van der Waals surface area contributed by atoms with E-state index in [1.807, 2.05) is 0 Å².